The molecule has 1 fully saturated rings. The number of nitrogens with two attached hydrogens (primary N) is 1. The van der Waals surface area contributed by atoms with E-state index in [4.69, 9.17) is 20.2 Å². The lowest BCUT2D eigenvalue weighted by Crippen LogP contribution is -2.60. The van der Waals surface area contributed by atoms with Crippen molar-refractivity contribution < 1.29 is 13.9 Å². The molecule has 1 saturated carbocycles. The molecule has 1 aliphatic heterocycles. The van der Waals surface area contributed by atoms with Crippen LogP contribution >= 0.6 is 0 Å². The number of aliphatic imine (C=N–C) groups is 1. The van der Waals surface area contributed by atoms with Crippen molar-refractivity contribution in [1.29, 1.82) is 0 Å². The Labute approximate surface area is 205 Å². The van der Waals surface area contributed by atoms with Crippen LogP contribution < -0.4 is 5.73 Å². The number of rotatable bonds is 3. The zero-order valence-corrected chi connectivity index (χ0v) is 21.1. The Morgan fingerprint density at radius 3 is 2.62 bits per heavy atom. The highest BCUT2D eigenvalue weighted by Gasteiger charge is 2.69. The molecule has 11 heteroatoms. The van der Waals surface area contributed by atoms with Gasteiger partial charge in [0.2, 0.25) is 5.95 Å². The number of ether oxygens (including phenoxy) is 2. The van der Waals surface area contributed by atoms with Crippen molar-refractivity contribution in [2.75, 3.05) is 0 Å². The molecule has 2 aromatic rings. The number of aromatic nitrogens is 1. The Balaban J connectivity index is 1.63. The second-order valence-corrected chi connectivity index (χ2v) is 11.9. The molecule has 2 aliphatic carbocycles. The number of nitrogens with zero attached hydrogens (tertiary/aromatic N) is 2. The minimum Gasteiger partial charge on any atom is -0.475 e. The van der Waals surface area contributed by atoms with Crippen molar-refractivity contribution in [3.63, 3.8) is 0 Å². The molecule has 0 saturated heterocycles. The summed E-state index contributed by atoms with van der Waals surface area (Å²) in [7, 11) is 10.5. The second-order valence-electron chi connectivity index (χ2n) is 11.9. The first kappa shape index (κ1) is 23.6. The molecule has 1 aromatic carbocycles. The van der Waals surface area contributed by atoms with Crippen LogP contribution in [-0.4, -0.2) is 67.0 Å². The SMILES string of the molecule is BC(B)(B)O[C@@H]1CC[C@]2(Cc3ccc(-c4cccnc4F)cc3[C@]23N=C(N)OC3(B)B)C[C@H]1C. The largest absolute Gasteiger partial charge is 0.475 e. The van der Waals surface area contributed by atoms with Gasteiger partial charge in [0.25, 0.3) is 6.02 Å². The fourth-order valence-electron chi connectivity index (χ4n) is 7.09. The fraction of sp³-hybridized carbons (Fsp3) is 0.478. The van der Waals surface area contributed by atoms with E-state index < -0.39 is 16.9 Å². The predicted molar refractivity (Wildman–Crippen MR) is 146 cm³/mol. The summed E-state index contributed by atoms with van der Waals surface area (Å²) in [5.74, 6) is -0.107. The van der Waals surface area contributed by atoms with Gasteiger partial charge in [0.1, 0.15) is 29.1 Å². The van der Waals surface area contributed by atoms with Gasteiger partial charge in [-0.15, -0.1) is 0 Å². The van der Waals surface area contributed by atoms with Crippen LogP contribution in [0.15, 0.2) is 41.5 Å². The van der Waals surface area contributed by atoms with Crippen LogP contribution in [0, 0.1) is 17.3 Å². The minimum atomic E-state index is -0.644. The lowest BCUT2D eigenvalue weighted by atomic mass is 9.44. The molecule has 2 spiro atoms. The predicted octanol–water partition coefficient (Wildman–Crippen LogP) is -1.39. The smallest absolute Gasteiger partial charge is 0.282 e. The highest BCUT2D eigenvalue weighted by Crippen LogP contribution is 2.66. The van der Waals surface area contributed by atoms with Crippen molar-refractivity contribution in [2.24, 2.45) is 22.1 Å². The van der Waals surface area contributed by atoms with E-state index in [0.717, 1.165) is 36.8 Å². The van der Waals surface area contributed by atoms with Gasteiger partial charge in [0.15, 0.2) is 15.7 Å². The van der Waals surface area contributed by atoms with Crippen LogP contribution in [0.1, 0.15) is 37.3 Å². The average Bonchev–Trinajstić information content (AvgIpc) is 3.14. The molecule has 0 unspecified atom stereocenters. The number of benzene rings is 1. The first-order valence-electron chi connectivity index (χ1n) is 12.3. The van der Waals surface area contributed by atoms with Crippen molar-refractivity contribution in [3.8, 4) is 11.1 Å². The molecular formula is C23H31B5FN3O2. The van der Waals surface area contributed by atoms with Crippen LogP contribution in [0.4, 0.5) is 4.39 Å². The number of hydrogen-bond acceptors (Lipinski definition) is 5. The number of halogens is 1. The molecule has 0 amide bonds. The van der Waals surface area contributed by atoms with Gasteiger partial charge < -0.3 is 15.2 Å². The molecule has 3 aliphatic rings. The quantitative estimate of drug-likeness (QED) is 0.458. The average molecular weight is 455 g/mol. The van der Waals surface area contributed by atoms with E-state index in [2.05, 4.69) is 63.3 Å². The van der Waals surface area contributed by atoms with Gasteiger partial charge >= 0.3 is 0 Å². The van der Waals surface area contributed by atoms with E-state index in [1.54, 1.807) is 12.1 Å². The lowest BCUT2D eigenvalue weighted by molar-refractivity contribution is -0.0743. The van der Waals surface area contributed by atoms with E-state index >= 15 is 0 Å². The van der Waals surface area contributed by atoms with E-state index in [1.807, 2.05) is 6.07 Å². The highest BCUT2D eigenvalue weighted by molar-refractivity contribution is 6.58. The molecule has 5 rings (SSSR count). The Morgan fingerprint density at radius 2 is 2.00 bits per heavy atom. The third-order valence-electron chi connectivity index (χ3n) is 8.13. The maximum absolute atomic E-state index is 14.6. The summed E-state index contributed by atoms with van der Waals surface area (Å²) < 4.78 is 27.2. The molecule has 172 valence electrons. The topological polar surface area (TPSA) is 69.7 Å². The van der Waals surface area contributed by atoms with Crippen molar-refractivity contribution in [2.45, 2.75) is 54.9 Å². The minimum absolute atomic E-state index is 0.150. The van der Waals surface area contributed by atoms with Gasteiger partial charge in [0.05, 0.1) is 11.5 Å². The number of pyridine rings is 1. The summed E-state index contributed by atoms with van der Waals surface area (Å²) in [5, 5.41) is -0.813. The van der Waals surface area contributed by atoms with Gasteiger partial charge in [0, 0.05) is 17.2 Å². The summed E-state index contributed by atoms with van der Waals surface area (Å²) in [6, 6.07) is 10.00. The van der Waals surface area contributed by atoms with Gasteiger partial charge in [-0.05, 0) is 71.8 Å². The zero-order chi connectivity index (χ0) is 24.5. The van der Waals surface area contributed by atoms with Gasteiger partial charge in [-0.3, -0.25) is 0 Å². The summed E-state index contributed by atoms with van der Waals surface area (Å²) >= 11 is 0. The van der Waals surface area contributed by atoms with Crippen LogP contribution in [0.5, 0.6) is 0 Å². The number of amidine groups is 1. The number of fused-ring (bicyclic) bond motifs is 3. The van der Waals surface area contributed by atoms with Crippen molar-refractivity contribution in [3.05, 3.63) is 53.6 Å². The molecule has 34 heavy (non-hydrogen) atoms. The van der Waals surface area contributed by atoms with Crippen LogP contribution in [-0.2, 0) is 21.4 Å². The van der Waals surface area contributed by atoms with Crippen LogP contribution in [0.2, 0.25) is 0 Å². The Morgan fingerprint density at radius 1 is 1.24 bits per heavy atom. The number of hydrogen-bond donors (Lipinski definition) is 1. The van der Waals surface area contributed by atoms with Crippen molar-refractivity contribution in [1.82, 2.24) is 4.98 Å². The Hall–Kier alpha value is -2.15. The fourth-order valence-corrected chi connectivity index (χ4v) is 7.09. The van der Waals surface area contributed by atoms with Gasteiger partial charge in [-0.2, -0.15) is 4.39 Å². The van der Waals surface area contributed by atoms with Gasteiger partial charge in [-0.1, -0.05) is 19.1 Å². The Kier molecular flexibility index (Phi) is 5.33. The summed E-state index contributed by atoms with van der Waals surface area (Å²) in [4.78, 5) is 8.96. The summed E-state index contributed by atoms with van der Waals surface area (Å²) in [6.45, 7) is 2.29. The van der Waals surface area contributed by atoms with Crippen molar-refractivity contribution >= 4 is 45.3 Å². The zero-order valence-electron chi connectivity index (χ0n) is 21.1. The normalized spacial score (nSPS) is 31.9. The maximum atomic E-state index is 14.6. The molecule has 5 nitrogen and oxygen atoms in total. The summed E-state index contributed by atoms with van der Waals surface area (Å²) in [5.41, 5.74) is 9.10. The standard InChI is InChI=1S/C23H31B5FN3O2/c1-12-10-20(7-6-17(12)33-23(26,27)28)11-14-5-4-13(15-3-2-8-31-18(15)29)9-16(14)21(20)22(24,25)34-19(30)32-21/h2-5,8-9,12,17H,6-7,10-11,24-28H2,1H3,(H2,30,32)/t12-,17-,20-,21+/m1/s1. The molecule has 0 radical (unpaired) electrons. The Bertz CT molecular complexity index is 1170. The van der Waals surface area contributed by atoms with Crippen LogP contribution in [0.3, 0.4) is 0 Å². The van der Waals surface area contributed by atoms with E-state index in [1.165, 1.54) is 11.8 Å². The third kappa shape index (κ3) is 3.45. The third-order valence-corrected chi connectivity index (χ3v) is 8.13. The second kappa shape index (κ2) is 7.68. The first-order valence-corrected chi connectivity index (χ1v) is 12.3. The molecule has 1 aromatic heterocycles. The monoisotopic (exact) mass is 455 g/mol. The molecule has 2 heterocycles. The first-order chi connectivity index (χ1) is 15.9. The molecule has 4 atom stereocenters. The summed E-state index contributed by atoms with van der Waals surface area (Å²) in [6.07, 6.45) is 5.47. The van der Waals surface area contributed by atoms with E-state index in [0.29, 0.717) is 11.5 Å². The lowest BCUT2D eigenvalue weighted by Gasteiger charge is -2.53. The molecule has 2 N–H and O–H groups in total. The maximum Gasteiger partial charge on any atom is 0.282 e. The molecule has 0 bridgehead atoms. The highest BCUT2D eigenvalue weighted by atomic mass is 19.1. The molecular weight excluding hydrogens is 423 g/mol. The van der Waals surface area contributed by atoms with E-state index in [9.17, 15) is 4.39 Å². The van der Waals surface area contributed by atoms with Gasteiger partial charge in [-0.25, -0.2) is 9.98 Å². The van der Waals surface area contributed by atoms with E-state index in [-0.39, 0.29) is 22.8 Å². The van der Waals surface area contributed by atoms with Crippen LogP contribution in [0.25, 0.3) is 11.1 Å².